The first-order valence-corrected chi connectivity index (χ1v) is 7.73. The quantitative estimate of drug-likeness (QED) is 0.857. The van der Waals surface area contributed by atoms with Gasteiger partial charge in [-0.1, -0.05) is 11.3 Å². The second-order valence-corrected chi connectivity index (χ2v) is 5.97. The van der Waals surface area contributed by atoms with Crippen LogP contribution in [0.5, 0.6) is 5.19 Å². The second kappa shape index (κ2) is 5.88. The topological polar surface area (TPSA) is 56.1 Å². The summed E-state index contributed by atoms with van der Waals surface area (Å²) in [6, 6.07) is 0. The minimum atomic E-state index is 0.290. The fourth-order valence-electron chi connectivity index (χ4n) is 2.39. The van der Waals surface area contributed by atoms with E-state index in [1.165, 1.54) is 0 Å². The van der Waals surface area contributed by atoms with Gasteiger partial charge in [-0.2, -0.15) is 0 Å². The zero-order chi connectivity index (χ0) is 13.9. The summed E-state index contributed by atoms with van der Waals surface area (Å²) >= 11 is 1.56. The van der Waals surface area contributed by atoms with Crippen molar-refractivity contribution < 1.29 is 4.74 Å². The van der Waals surface area contributed by atoms with Gasteiger partial charge < -0.3 is 9.30 Å². The number of likely N-dealkylation sites (tertiary alicyclic amines) is 1. The van der Waals surface area contributed by atoms with Gasteiger partial charge in [-0.15, -0.1) is 10.2 Å². The van der Waals surface area contributed by atoms with E-state index < -0.39 is 0 Å². The van der Waals surface area contributed by atoms with Crippen LogP contribution in [0, 0.1) is 6.92 Å². The van der Waals surface area contributed by atoms with Gasteiger partial charge in [0.25, 0.3) is 5.19 Å². The number of hydrogen-bond donors (Lipinski definition) is 0. The lowest BCUT2D eigenvalue weighted by Crippen LogP contribution is -2.38. The highest BCUT2D eigenvalue weighted by Gasteiger charge is 2.22. The van der Waals surface area contributed by atoms with E-state index in [1.54, 1.807) is 17.5 Å². The van der Waals surface area contributed by atoms with Gasteiger partial charge in [0, 0.05) is 31.7 Å². The molecule has 0 aromatic carbocycles. The number of aryl methyl sites for hydroxylation is 1. The summed E-state index contributed by atoms with van der Waals surface area (Å²) in [6.07, 6.45) is 4.15. The van der Waals surface area contributed by atoms with Gasteiger partial charge in [0.1, 0.15) is 17.8 Å². The van der Waals surface area contributed by atoms with Gasteiger partial charge in [-0.25, -0.2) is 4.98 Å². The number of nitrogens with zero attached hydrogens (tertiary/aromatic N) is 5. The Hall–Kier alpha value is -1.47. The second-order valence-electron chi connectivity index (χ2n) is 5.11. The first kappa shape index (κ1) is 13.5. The molecule has 2 aromatic heterocycles. The monoisotopic (exact) mass is 293 g/mol. The van der Waals surface area contributed by atoms with Crippen LogP contribution in [0.3, 0.4) is 0 Å². The molecule has 6 nitrogen and oxygen atoms in total. The van der Waals surface area contributed by atoms with Gasteiger partial charge in [0.15, 0.2) is 0 Å². The van der Waals surface area contributed by atoms with E-state index in [0.717, 1.165) is 49.3 Å². The molecule has 0 spiro atoms. The summed E-state index contributed by atoms with van der Waals surface area (Å²) < 4.78 is 7.92. The molecular formula is C13H19N5OS. The standard InChI is InChI=1S/C13H19N5OS/c1-10-15-16-12(17(10)2)9-18-6-3-11(4-7-18)19-13-14-5-8-20-13/h5,8,11H,3-4,6-7,9H2,1-2H3. The van der Waals surface area contributed by atoms with Crippen molar-refractivity contribution in [2.24, 2.45) is 7.05 Å². The molecule has 3 rings (SSSR count). The van der Waals surface area contributed by atoms with Crippen LogP contribution in [0.2, 0.25) is 0 Å². The Morgan fingerprint density at radius 3 is 2.75 bits per heavy atom. The van der Waals surface area contributed by atoms with Crippen molar-refractivity contribution in [2.75, 3.05) is 13.1 Å². The molecule has 1 fully saturated rings. The van der Waals surface area contributed by atoms with Gasteiger partial charge in [0.2, 0.25) is 0 Å². The number of hydrogen-bond acceptors (Lipinski definition) is 6. The zero-order valence-corrected chi connectivity index (χ0v) is 12.6. The highest BCUT2D eigenvalue weighted by Crippen LogP contribution is 2.21. The maximum absolute atomic E-state index is 5.87. The summed E-state index contributed by atoms with van der Waals surface area (Å²) in [6.45, 7) is 4.90. The number of rotatable bonds is 4. The lowest BCUT2D eigenvalue weighted by molar-refractivity contribution is 0.0946. The van der Waals surface area contributed by atoms with Gasteiger partial charge in [-0.3, -0.25) is 4.90 Å². The van der Waals surface area contributed by atoms with Crippen molar-refractivity contribution >= 4 is 11.3 Å². The molecule has 20 heavy (non-hydrogen) atoms. The summed E-state index contributed by atoms with van der Waals surface area (Å²) in [5.41, 5.74) is 0. The Labute approximate surface area is 122 Å². The third kappa shape index (κ3) is 2.99. The van der Waals surface area contributed by atoms with E-state index in [-0.39, 0.29) is 0 Å². The Kier molecular flexibility index (Phi) is 3.98. The van der Waals surface area contributed by atoms with Crippen molar-refractivity contribution in [1.82, 2.24) is 24.6 Å². The van der Waals surface area contributed by atoms with E-state index in [0.29, 0.717) is 6.10 Å². The number of thiazole rings is 1. The Morgan fingerprint density at radius 2 is 2.15 bits per heavy atom. The molecule has 1 aliphatic rings. The Morgan fingerprint density at radius 1 is 1.35 bits per heavy atom. The third-order valence-corrected chi connectivity index (χ3v) is 4.42. The van der Waals surface area contributed by atoms with Crippen LogP contribution >= 0.6 is 11.3 Å². The largest absolute Gasteiger partial charge is 0.467 e. The lowest BCUT2D eigenvalue weighted by atomic mass is 10.1. The van der Waals surface area contributed by atoms with Crippen molar-refractivity contribution in [3.05, 3.63) is 23.2 Å². The third-order valence-electron chi connectivity index (χ3n) is 3.76. The molecule has 0 saturated carbocycles. The molecule has 7 heteroatoms. The van der Waals surface area contributed by atoms with Gasteiger partial charge in [-0.05, 0) is 19.8 Å². The first-order chi connectivity index (χ1) is 9.72. The maximum Gasteiger partial charge on any atom is 0.273 e. The molecule has 0 radical (unpaired) electrons. The van der Waals surface area contributed by atoms with Gasteiger partial charge in [0.05, 0.1) is 6.54 Å². The fraction of sp³-hybridized carbons (Fsp3) is 0.615. The van der Waals surface area contributed by atoms with Crippen LogP contribution in [-0.2, 0) is 13.6 Å². The highest BCUT2D eigenvalue weighted by molar-refractivity contribution is 7.11. The van der Waals surface area contributed by atoms with Gasteiger partial charge >= 0.3 is 0 Å². The van der Waals surface area contributed by atoms with Crippen molar-refractivity contribution in [3.63, 3.8) is 0 Å². The average molecular weight is 293 g/mol. The van der Waals surface area contributed by atoms with Crippen molar-refractivity contribution in [2.45, 2.75) is 32.4 Å². The number of ether oxygens (including phenoxy) is 1. The van der Waals surface area contributed by atoms with E-state index >= 15 is 0 Å². The molecule has 0 bridgehead atoms. The highest BCUT2D eigenvalue weighted by atomic mass is 32.1. The van der Waals surface area contributed by atoms with Crippen LogP contribution in [0.25, 0.3) is 0 Å². The predicted octanol–water partition coefficient (Wildman–Crippen LogP) is 1.62. The van der Waals surface area contributed by atoms with Crippen molar-refractivity contribution in [1.29, 1.82) is 0 Å². The van der Waals surface area contributed by atoms with Crippen LogP contribution in [-0.4, -0.2) is 43.8 Å². The summed E-state index contributed by atoms with van der Waals surface area (Å²) in [4.78, 5) is 6.58. The van der Waals surface area contributed by atoms with Crippen LogP contribution < -0.4 is 4.74 Å². The van der Waals surface area contributed by atoms with E-state index in [2.05, 4.69) is 24.6 Å². The molecular weight excluding hydrogens is 274 g/mol. The number of piperidine rings is 1. The SMILES string of the molecule is Cc1nnc(CN2CCC(Oc3nccs3)CC2)n1C. The summed E-state index contributed by atoms with van der Waals surface area (Å²) in [5.74, 6) is 1.99. The molecule has 0 unspecified atom stereocenters. The molecule has 1 aliphatic heterocycles. The molecule has 0 N–H and O–H groups in total. The molecule has 3 heterocycles. The van der Waals surface area contributed by atoms with Crippen molar-refractivity contribution in [3.8, 4) is 5.19 Å². The molecule has 108 valence electrons. The molecule has 1 saturated heterocycles. The van der Waals surface area contributed by atoms with Crippen LogP contribution in [0.1, 0.15) is 24.5 Å². The first-order valence-electron chi connectivity index (χ1n) is 6.86. The van der Waals surface area contributed by atoms with Crippen LogP contribution in [0.15, 0.2) is 11.6 Å². The average Bonchev–Trinajstić information content (AvgIpc) is 3.06. The molecule has 0 amide bonds. The van der Waals surface area contributed by atoms with E-state index in [4.69, 9.17) is 4.74 Å². The predicted molar refractivity (Wildman–Crippen MR) is 76.8 cm³/mol. The minimum absolute atomic E-state index is 0.290. The minimum Gasteiger partial charge on any atom is -0.467 e. The zero-order valence-electron chi connectivity index (χ0n) is 11.8. The van der Waals surface area contributed by atoms with E-state index in [9.17, 15) is 0 Å². The maximum atomic E-state index is 5.87. The normalized spacial score (nSPS) is 17.5. The lowest BCUT2D eigenvalue weighted by Gasteiger charge is -2.31. The smallest absolute Gasteiger partial charge is 0.273 e. The van der Waals surface area contributed by atoms with Crippen LogP contribution in [0.4, 0.5) is 0 Å². The molecule has 2 aromatic rings. The van der Waals surface area contributed by atoms with E-state index in [1.807, 2.05) is 19.4 Å². The fourth-order valence-corrected chi connectivity index (χ4v) is 2.94. The Bertz CT molecular complexity index is 545. The molecule has 0 atom stereocenters. The summed E-state index contributed by atoms with van der Waals surface area (Å²) in [7, 11) is 2.02. The summed E-state index contributed by atoms with van der Waals surface area (Å²) in [5, 5.41) is 11.1. The number of aromatic nitrogens is 4. The Balaban J connectivity index is 1.50. The molecule has 0 aliphatic carbocycles.